The second-order valence-corrected chi connectivity index (χ2v) is 4.18. The van der Waals surface area contributed by atoms with E-state index in [4.69, 9.17) is 9.84 Å². The van der Waals surface area contributed by atoms with E-state index in [1.165, 1.54) is 10.7 Å². The van der Waals surface area contributed by atoms with Crippen LogP contribution in [0.1, 0.15) is 21.6 Å². The van der Waals surface area contributed by atoms with Crippen LogP contribution in [-0.4, -0.2) is 20.9 Å². The van der Waals surface area contributed by atoms with Crippen LogP contribution in [0.3, 0.4) is 0 Å². The lowest BCUT2D eigenvalue weighted by Gasteiger charge is -2.09. The van der Waals surface area contributed by atoms with E-state index < -0.39 is 11.8 Å². The van der Waals surface area contributed by atoms with Crippen molar-refractivity contribution in [2.24, 2.45) is 7.05 Å². The summed E-state index contributed by atoms with van der Waals surface area (Å²) in [4.78, 5) is 11.2. The number of ether oxygens (including phenoxy) is 1. The molecule has 1 aromatic heterocycles. The van der Waals surface area contributed by atoms with Gasteiger partial charge in [0.05, 0.1) is 5.69 Å². The molecule has 0 aliphatic heterocycles. The van der Waals surface area contributed by atoms with Gasteiger partial charge in [-0.3, -0.25) is 0 Å². The second kappa shape index (κ2) is 4.72. The molecule has 0 saturated heterocycles. The van der Waals surface area contributed by atoms with Crippen molar-refractivity contribution in [3.8, 4) is 11.6 Å². The average molecular weight is 264 g/mol. The molecule has 0 amide bonds. The monoisotopic (exact) mass is 264 g/mol. The molecule has 6 heteroatoms. The van der Waals surface area contributed by atoms with E-state index in [1.54, 1.807) is 33.0 Å². The number of halogens is 1. The van der Waals surface area contributed by atoms with Crippen LogP contribution in [-0.2, 0) is 7.05 Å². The number of benzene rings is 1. The van der Waals surface area contributed by atoms with Crippen molar-refractivity contribution < 1.29 is 19.0 Å². The van der Waals surface area contributed by atoms with Crippen LogP contribution in [0.4, 0.5) is 4.39 Å². The minimum absolute atomic E-state index is 0.00880. The van der Waals surface area contributed by atoms with Gasteiger partial charge in [0, 0.05) is 7.05 Å². The number of rotatable bonds is 3. The number of aromatic carboxylic acids is 1. The number of hydrogen-bond acceptors (Lipinski definition) is 3. The molecule has 2 rings (SSSR count). The maximum atomic E-state index is 13.9. The number of carboxylic acids is 1. The molecular formula is C13H13FN2O3. The summed E-state index contributed by atoms with van der Waals surface area (Å²) in [5, 5.41) is 13.1. The summed E-state index contributed by atoms with van der Waals surface area (Å²) in [5.74, 6) is -1.69. The molecule has 0 aliphatic rings. The summed E-state index contributed by atoms with van der Waals surface area (Å²) >= 11 is 0. The number of hydrogen-bond donors (Lipinski definition) is 1. The van der Waals surface area contributed by atoms with E-state index in [2.05, 4.69) is 5.10 Å². The van der Waals surface area contributed by atoms with Gasteiger partial charge in [-0.1, -0.05) is 12.1 Å². The molecule has 0 spiro atoms. The molecule has 0 aliphatic carbocycles. The number of aryl methyl sites for hydroxylation is 3. The predicted octanol–water partition coefficient (Wildman–Crippen LogP) is 2.67. The lowest BCUT2D eigenvalue weighted by atomic mass is 10.2. The van der Waals surface area contributed by atoms with Crippen molar-refractivity contribution in [1.29, 1.82) is 0 Å². The molecular weight excluding hydrogens is 251 g/mol. The van der Waals surface area contributed by atoms with Crippen LogP contribution in [0.5, 0.6) is 11.6 Å². The van der Waals surface area contributed by atoms with Crippen LogP contribution in [0.15, 0.2) is 18.2 Å². The summed E-state index contributed by atoms with van der Waals surface area (Å²) < 4.78 is 20.5. The lowest BCUT2D eigenvalue weighted by Crippen LogP contribution is -2.03. The van der Waals surface area contributed by atoms with Gasteiger partial charge in [-0.25, -0.2) is 13.9 Å². The molecule has 0 fully saturated rings. The first kappa shape index (κ1) is 13.1. The van der Waals surface area contributed by atoms with Gasteiger partial charge in [0.25, 0.3) is 0 Å². The lowest BCUT2D eigenvalue weighted by molar-refractivity contribution is 0.0693. The van der Waals surface area contributed by atoms with Gasteiger partial charge in [-0.2, -0.15) is 5.10 Å². The molecule has 0 unspecified atom stereocenters. The zero-order valence-electron chi connectivity index (χ0n) is 10.8. The van der Waals surface area contributed by atoms with Crippen molar-refractivity contribution in [3.05, 3.63) is 40.8 Å². The standard InChI is InChI=1S/C13H13FN2O3/c1-7-5-4-6-9(11(7)14)19-12-10(13(17)18)8(2)15-16(12)3/h4-6H,1-3H3,(H,17,18). The Hall–Kier alpha value is -2.37. The first-order valence-electron chi connectivity index (χ1n) is 5.61. The quantitative estimate of drug-likeness (QED) is 0.925. The van der Waals surface area contributed by atoms with Crippen molar-refractivity contribution >= 4 is 5.97 Å². The molecule has 100 valence electrons. The fraction of sp³-hybridized carbons (Fsp3) is 0.231. The number of carbonyl (C=O) groups is 1. The molecule has 1 N–H and O–H groups in total. The first-order chi connectivity index (χ1) is 8.91. The van der Waals surface area contributed by atoms with Crippen molar-refractivity contribution in [3.63, 3.8) is 0 Å². The van der Waals surface area contributed by atoms with Crippen molar-refractivity contribution in [2.75, 3.05) is 0 Å². The van der Waals surface area contributed by atoms with E-state index in [9.17, 15) is 9.18 Å². The zero-order valence-corrected chi connectivity index (χ0v) is 10.8. The minimum atomic E-state index is -1.16. The molecule has 1 aromatic carbocycles. The highest BCUT2D eigenvalue weighted by atomic mass is 19.1. The number of carboxylic acid groups (broad SMARTS) is 1. The molecule has 0 saturated carbocycles. The second-order valence-electron chi connectivity index (χ2n) is 4.18. The minimum Gasteiger partial charge on any atom is -0.477 e. The van der Waals surface area contributed by atoms with Gasteiger partial charge in [0.1, 0.15) is 5.56 Å². The predicted molar refractivity (Wildman–Crippen MR) is 66.1 cm³/mol. The van der Waals surface area contributed by atoms with Crippen LogP contribution >= 0.6 is 0 Å². The first-order valence-corrected chi connectivity index (χ1v) is 5.61. The molecule has 2 aromatic rings. The largest absolute Gasteiger partial charge is 0.477 e. The summed E-state index contributed by atoms with van der Waals surface area (Å²) in [6.07, 6.45) is 0. The number of nitrogens with zero attached hydrogens (tertiary/aromatic N) is 2. The molecule has 0 radical (unpaired) electrons. The molecule has 0 atom stereocenters. The van der Waals surface area contributed by atoms with Crippen LogP contribution in [0.2, 0.25) is 0 Å². The molecule has 5 nitrogen and oxygen atoms in total. The van der Waals surface area contributed by atoms with Gasteiger partial charge in [0.2, 0.25) is 5.88 Å². The number of aromatic nitrogens is 2. The maximum absolute atomic E-state index is 13.9. The Bertz CT molecular complexity index is 650. The van der Waals surface area contributed by atoms with Crippen LogP contribution in [0.25, 0.3) is 0 Å². The van der Waals surface area contributed by atoms with Gasteiger partial charge in [0.15, 0.2) is 11.6 Å². The highest BCUT2D eigenvalue weighted by molar-refractivity contribution is 5.91. The normalized spacial score (nSPS) is 10.5. The van der Waals surface area contributed by atoms with E-state index >= 15 is 0 Å². The Labute approximate surface area is 109 Å². The fourth-order valence-corrected chi connectivity index (χ4v) is 1.80. The Balaban J connectivity index is 2.49. The Morgan fingerprint density at radius 2 is 2.11 bits per heavy atom. The van der Waals surface area contributed by atoms with E-state index in [-0.39, 0.29) is 17.2 Å². The zero-order chi connectivity index (χ0) is 14.2. The van der Waals surface area contributed by atoms with Gasteiger partial charge in [-0.05, 0) is 25.5 Å². The van der Waals surface area contributed by atoms with E-state index in [0.717, 1.165) is 0 Å². The van der Waals surface area contributed by atoms with E-state index in [0.29, 0.717) is 11.3 Å². The summed E-state index contributed by atoms with van der Waals surface area (Å²) in [6, 6.07) is 4.68. The third-order valence-corrected chi connectivity index (χ3v) is 2.75. The molecule has 0 bridgehead atoms. The third kappa shape index (κ3) is 2.29. The summed E-state index contributed by atoms with van der Waals surface area (Å²) in [5.41, 5.74) is 0.676. The highest BCUT2D eigenvalue weighted by Gasteiger charge is 2.22. The molecule has 1 heterocycles. The van der Waals surface area contributed by atoms with Gasteiger partial charge >= 0.3 is 5.97 Å². The van der Waals surface area contributed by atoms with Crippen molar-refractivity contribution in [1.82, 2.24) is 9.78 Å². The van der Waals surface area contributed by atoms with Crippen molar-refractivity contribution in [2.45, 2.75) is 13.8 Å². The molecule has 19 heavy (non-hydrogen) atoms. The highest BCUT2D eigenvalue weighted by Crippen LogP contribution is 2.29. The summed E-state index contributed by atoms with van der Waals surface area (Å²) in [6.45, 7) is 3.16. The van der Waals surface area contributed by atoms with E-state index in [1.807, 2.05) is 0 Å². The Kier molecular flexibility index (Phi) is 3.25. The Morgan fingerprint density at radius 3 is 2.74 bits per heavy atom. The fourth-order valence-electron chi connectivity index (χ4n) is 1.80. The van der Waals surface area contributed by atoms with Crippen LogP contribution < -0.4 is 4.74 Å². The Morgan fingerprint density at radius 1 is 1.42 bits per heavy atom. The topological polar surface area (TPSA) is 64.3 Å². The van der Waals surface area contributed by atoms with Gasteiger partial charge in [-0.15, -0.1) is 0 Å². The average Bonchev–Trinajstić information content (AvgIpc) is 2.60. The smallest absolute Gasteiger partial charge is 0.343 e. The maximum Gasteiger partial charge on any atom is 0.343 e. The third-order valence-electron chi connectivity index (χ3n) is 2.75. The van der Waals surface area contributed by atoms with Crippen LogP contribution in [0, 0.1) is 19.7 Å². The SMILES string of the molecule is Cc1cccc(Oc2c(C(=O)O)c(C)nn2C)c1F. The summed E-state index contributed by atoms with van der Waals surface area (Å²) in [7, 11) is 1.54. The van der Waals surface area contributed by atoms with Gasteiger partial charge < -0.3 is 9.84 Å².